The molecule has 198 valence electrons. The molecule has 0 fully saturated rings. The molecule has 0 aliphatic carbocycles. The van der Waals surface area contributed by atoms with Gasteiger partial charge in [0.15, 0.2) is 11.5 Å². The fourth-order valence-electron chi connectivity index (χ4n) is 4.34. The van der Waals surface area contributed by atoms with Crippen molar-refractivity contribution >= 4 is 34.7 Å². The monoisotopic (exact) mass is 536 g/mol. The number of fused-ring (bicyclic) bond motifs is 1. The van der Waals surface area contributed by atoms with Crippen LogP contribution in [-0.4, -0.2) is 68.3 Å². The molecular formula is C27H28N4O6S. The van der Waals surface area contributed by atoms with Gasteiger partial charge in [-0.2, -0.15) is 5.10 Å². The Hall–Kier alpha value is -4.09. The van der Waals surface area contributed by atoms with Crippen LogP contribution < -0.4 is 19.5 Å². The first-order valence-electron chi connectivity index (χ1n) is 12.1. The van der Waals surface area contributed by atoms with Crippen molar-refractivity contribution < 1.29 is 28.5 Å². The molecule has 0 spiro atoms. The molecule has 0 saturated carbocycles. The first kappa shape index (κ1) is 25.6. The van der Waals surface area contributed by atoms with Crippen LogP contribution in [0.4, 0.5) is 10.5 Å². The van der Waals surface area contributed by atoms with Gasteiger partial charge < -0.3 is 29.2 Å². The molecule has 0 saturated heterocycles. The summed E-state index contributed by atoms with van der Waals surface area (Å²) in [7, 11) is 3.08. The molecule has 2 aliphatic heterocycles. The van der Waals surface area contributed by atoms with Gasteiger partial charge in [0.1, 0.15) is 12.3 Å². The normalized spacial score (nSPS) is 15.8. The number of nitrogens with zero attached hydrogens (tertiary/aromatic N) is 3. The number of carbonyl (C=O) groups is 2. The Morgan fingerprint density at radius 1 is 1.13 bits per heavy atom. The maximum Gasteiger partial charge on any atom is 0.322 e. The van der Waals surface area contributed by atoms with Crippen LogP contribution >= 0.6 is 11.3 Å². The maximum absolute atomic E-state index is 13.7. The summed E-state index contributed by atoms with van der Waals surface area (Å²) in [5, 5.41) is 11.0. The van der Waals surface area contributed by atoms with E-state index in [1.165, 1.54) is 17.0 Å². The van der Waals surface area contributed by atoms with Crippen LogP contribution in [0.1, 0.15) is 22.9 Å². The van der Waals surface area contributed by atoms with Crippen LogP contribution in [0.2, 0.25) is 0 Å². The summed E-state index contributed by atoms with van der Waals surface area (Å²) in [5.74, 6) is 1.51. The second kappa shape index (κ2) is 11.5. The van der Waals surface area contributed by atoms with Crippen molar-refractivity contribution in [2.45, 2.75) is 12.5 Å². The summed E-state index contributed by atoms with van der Waals surface area (Å²) in [6, 6.07) is 15.9. The number of rotatable bonds is 9. The number of methoxy groups -OCH3 is 2. The molecule has 5 rings (SSSR count). The van der Waals surface area contributed by atoms with E-state index < -0.39 is 6.03 Å². The number of amides is 3. The van der Waals surface area contributed by atoms with Gasteiger partial charge in [-0.15, -0.1) is 11.3 Å². The minimum Gasteiger partial charge on any atom is -0.495 e. The summed E-state index contributed by atoms with van der Waals surface area (Å²) in [6.07, 6.45) is 0.539. The van der Waals surface area contributed by atoms with Crippen molar-refractivity contribution in [3.63, 3.8) is 0 Å². The number of hydrogen-bond donors (Lipinski definition) is 1. The van der Waals surface area contributed by atoms with Crippen molar-refractivity contribution in [3.05, 3.63) is 70.4 Å². The average Bonchev–Trinajstić information content (AvgIpc) is 3.71. The van der Waals surface area contributed by atoms with E-state index >= 15 is 0 Å². The van der Waals surface area contributed by atoms with Gasteiger partial charge in [-0.25, -0.2) is 9.80 Å². The van der Waals surface area contributed by atoms with E-state index in [9.17, 15) is 9.59 Å². The third-order valence-electron chi connectivity index (χ3n) is 6.28. The van der Waals surface area contributed by atoms with Crippen LogP contribution in [-0.2, 0) is 9.53 Å². The number of para-hydroxylation sites is 2. The lowest BCUT2D eigenvalue weighted by molar-refractivity contribution is -0.133. The van der Waals surface area contributed by atoms with Crippen molar-refractivity contribution in [2.75, 3.05) is 46.0 Å². The molecule has 2 aromatic carbocycles. The van der Waals surface area contributed by atoms with Gasteiger partial charge in [0, 0.05) is 20.1 Å². The number of benzene rings is 2. The first-order valence-corrected chi connectivity index (χ1v) is 13.0. The Labute approximate surface area is 224 Å². The smallest absolute Gasteiger partial charge is 0.322 e. The van der Waals surface area contributed by atoms with Crippen LogP contribution in [0.5, 0.6) is 17.2 Å². The average molecular weight is 537 g/mol. The summed E-state index contributed by atoms with van der Waals surface area (Å²) in [6.45, 7) is 0.459. The second-order valence-corrected chi connectivity index (χ2v) is 9.59. The third kappa shape index (κ3) is 5.43. The highest BCUT2D eigenvalue weighted by atomic mass is 32.1. The summed E-state index contributed by atoms with van der Waals surface area (Å²) in [5.41, 5.74) is 2.20. The van der Waals surface area contributed by atoms with Gasteiger partial charge in [0.05, 0.1) is 36.0 Å². The quantitative estimate of drug-likeness (QED) is 0.437. The van der Waals surface area contributed by atoms with Gasteiger partial charge in [-0.1, -0.05) is 24.3 Å². The zero-order valence-electron chi connectivity index (χ0n) is 21.1. The topological polar surface area (TPSA) is 102 Å². The number of urea groups is 1. The predicted molar refractivity (Wildman–Crippen MR) is 143 cm³/mol. The Morgan fingerprint density at radius 2 is 1.97 bits per heavy atom. The standard InChI is InChI=1S/C27H28N4O6S/c1-34-12-11-30(27(33)28-19-6-3-4-7-22(19)35-2)16-26(32)31-21(15-20(29-31)25-8-5-13-38-25)18-9-10-23-24(14-18)37-17-36-23/h3-10,13-14,21H,11-12,15-17H2,1-2H3,(H,28,33). The number of nitrogens with one attached hydrogen (secondary N) is 1. The van der Waals surface area contributed by atoms with Gasteiger partial charge >= 0.3 is 6.03 Å². The molecule has 1 atom stereocenters. The minimum absolute atomic E-state index is 0.165. The lowest BCUT2D eigenvalue weighted by Crippen LogP contribution is -2.44. The molecule has 38 heavy (non-hydrogen) atoms. The van der Waals surface area contributed by atoms with Crippen molar-refractivity contribution in [2.24, 2.45) is 5.10 Å². The predicted octanol–water partition coefficient (Wildman–Crippen LogP) is 4.34. The Balaban J connectivity index is 1.39. The molecular weight excluding hydrogens is 508 g/mol. The number of ether oxygens (including phenoxy) is 4. The number of anilines is 1. The molecule has 1 N–H and O–H groups in total. The summed E-state index contributed by atoms with van der Waals surface area (Å²) in [4.78, 5) is 29.4. The van der Waals surface area contributed by atoms with Crippen molar-refractivity contribution in [1.82, 2.24) is 9.91 Å². The van der Waals surface area contributed by atoms with E-state index in [1.807, 2.05) is 41.8 Å². The number of thiophene rings is 1. The van der Waals surface area contributed by atoms with E-state index in [2.05, 4.69) is 5.32 Å². The molecule has 11 heteroatoms. The highest BCUT2D eigenvalue weighted by Crippen LogP contribution is 2.39. The maximum atomic E-state index is 13.7. The molecule has 3 aromatic rings. The Bertz CT molecular complexity index is 1330. The lowest BCUT2D eigenvalue weighted by atomic mass is 10.0. The van der Waals surface area contributed by atoms with Crippen molar-refractivity contribution in [3.8, 4) is 17.2 Å². The molecule has 0 bridgehead atoms. The summed E-state index contributed by atoms with van der Waals surface area (Å²) < 4.78 is 21.6. The largest absolute Gasteiger partial charge is 0.495 e. The number of hydrogen-bond acceptors (Lipinski definition) is 8. The van der Waals surface area contributed by atoms with E-state index in [-0.39, 0.29) is 38.4 Å². The van der Waals surface area contributed by atoms with E-state index in [0.717, 1.165) is 16.2 Å². The SMILES string of the molecule is COCCN(CC(=O)N1N=C(c2cccs2)CC1c1ccc2c(c1)OCO2)C(=O)Nc1ccccc1OC. The molecule has 1 aromatic heterocycles. The molecule has 3 amide bonds. The number of hydrazone groups is 1. The van der Waals surface area contributed by atoms with Crippen molar-refractivity contribution in [1.29, 1.82) is 0 Å². The molecule has 2 aliphatic rings. The van der Waals surface area contributed by atoms with Gasteiger partial charge in [-0.05, 0) is 41.3 Å². The van der Waals surface area contributed by atoms with Gasteiger partial charge in [0.25, 0.3) is 5.91 Å². The molecule has 3 heterocycles. The van der Waals surface area contributed by atoms with E-state index in [0.29, 0.717) is 29.4 Å². The third-order valence-corrected chi connectivity index (χ3v) is 7.20. The highest BCUT2D eigenvalue weighted by Gasteiger charge is 2.35. The van der Waals surface area contributed by atoms with Crippen LogP contribution in [0.25, 0.3) is 0 Å². The fourth-order valence-corrected chi connectivity index (χ4v) is 5.06. The highest BCUT2D eigenvalue weighted by molar-refractivity contribution is 7.12. The lowest BCUT2D eigenvalue weighted by Gasteiger charge is -2.27. The molecule has 1 unspecified atom stereocenters. The summed E-state index contributed by atoms with van der Waals surface area (Å²) >= 11 is 1.57. The first-order chi connectivity index (χ1) is 18.6. The molecule has 10 nitrogen and oxygen atoms in total. The second-order valence-electron chi connectivity index (χ2n) is 8.64. The zero-order chi connectivity index (χ0) is 26.5. The number of carbonyl (C=O) groups excluding carboxylic acids is 2. The molecule has 0 radical (unpaired) electrons. The zero-order valence-corrected chi connectivity index (χ0v) is 21.9. The Morgan fingerprint density at radius 3 is 2.76 bits per heavy atom. The van der Waals surface area contributed by atoms with Gasteiger partial charge in [-0.3, -0.25) is 4.79 Å². The van der Waals surface area contributed by atoms with Crippen LogP contribution in [0.3, 0.4) is 0 Å². The van der Waals surface area contributed by atoms with Gasteiger partial charge in [0.2, 0.25) is 6.79 Å². The van der Waals surface area contributed by atoms with Crippen LogP contribution in [0, 0.1) is 0 Å². The minimum atomic E-state index is -0.443. The van der Waals surface area contributed by atoms with E-state index in [1.54, 1.807) is 36.6 Å². The Kier molecular flexibility index (Phi) is 7.75. The van der Waals surface area contributed by atoms with E-state index in [4.69, 9.17) is 24.0 Å². The fraction of sp³-hybridized carbons (Fsp3) is 0.296. The van der Waals surface area contributed by atoms with Crippen LogP contribution in [0.15, 0.2) is 65.1 Å².